The van der Waals surface area contributed by atoms with Crippen LogP contribution in [0.2, 0.25) is 0 Å². The molecule has 2 N–H and O–H groups in total. The first-order valence-corrected chi connectivity index (χ1v) is 8.46. The minimum atomic E-state index is -0.247. The van der Waals surface area contributed by atoms with Gasteiger partial charge in [-0.2, -0.15) is 0 Å². The number of nitrogens with one attached hydrogen (secondary N) is 2. The Kier molecular flexibility index (Phi) is 4.74. The van der Waals surface area contributed by atoms with Crippen LogP contribution in [0.5, 0.6) is 0 Å². The molecule has 5 nitrogen and oxygen atoms in total. The summed E-state index contributed by atoms with van der Waals surface area (Å²) in [5.41, 5.74) is 3.75. The summed E-state index contributed by atoms with van der Waals surface area (Å²) in [6.07, 6.45) is 5.42. The lowest BCUT2D eigenvalue weighted by molar-refractivity contribution is -0.117. The van der Waals surface area contributed by atoms with Crippen molar-refractivity contribution in [1.82, 2.24) is 15.5 Å². The van der Waals surface area contributed by atoms with Crippen LogP contribution in [0.1, 0.15) is 24.0 Å². The Morgan fingerprint density at radius 3 is 2.48 bits per heavy atom. The maximum atomic E-state index is 12.4. The molecule has 0 saturated heterocycles. The van der Waals surface area contributed by atoms with E-state index in [-0.39, 0.29) is 17.9 Å². The molecule has 130 valence electrons. The quantitative estimate of drug-likeness (QED) is 0.865. The van der Waals surface area contributed by atoms with E-state index in [1.165, 1.54) is 5.56 Å². The Bertz CT molecular complexity index is 771. The number of rotatable bonds is 5. The lowest BCUT2D eigenvalue weighted by Crippen LogP contribution is -2.33. The predicted octanol–water partition coefficient (Wildman–Crippen LogP) is 2.16. The number of hydrogen-bond acceptors (Lipinski definition) is 3. The number of amides is 2. The van der Waals surface area contributed by atoms with E-state index in [4.69, 9.17) is 0 Å². The predicted molar refractivity (Wildman–Crippen MR) is 97.3 cm³/mol. The van der Waals surface area contributed by atoms with E-state index in [1.807, 2.05) is 36.1 Å². The molecular formula is C20H23N3O2. The Balaban J connectivity index is 1.86. The lowest BCUT2D eigenvalue weighted by atomic mass is 10.0. The number of aryl methyl sites for hydroxylation is 1. The summed E-state index contributed by atoms with van der Waals surface area (Å²) in [7, 11) is 1.57. The van der Waals surface area contributed by atoms with Gasteiger partial charge in [0.2, 0.25) is 0 Å². The van der Waals surface area contributed by atoms with Crippen LogP contribution in [0.15, 0.2) is 60.0 Å². The second-order valence-corrected chi connectivity index (χ2v) is 6.53. The number of hydrogen-bond donors (Lipinski definition) is 2. The van der Waals surface area contributed by atoms with Crippen molar-refractivity contribution in [3.63, 3.8) is 0 Å². The molecule has 1 heterocycles. The lowest BCUT2D eigenvalue weighted by Gasteiger charge is -2.28. The zero-order valence-electron chi connectivity index (χ0n) is 14.6. The molecule has 3 rings (SSSR count). The van der Waals surface area contributed by atoms with Crippen molar-refractivity contribution in [2.45, 2.75) is 32.4 Å². The van der Waals surface area contributed by atoms with E-state index in [0.717, 1.165) is 18.4 Å². The highest BCUT2D eigenvalue weighted by molar-refractivity contribution is 6.03. The van der Waals surface area contributed by atoms with Gasteiger partial charge in [0.25, 0.3) is 11.8 Å². The van der Waals surface area contributed by atoms with Crippen LogP contribution in [-0.4, -0.2) is 29.8 Å². The van der Waals surface area contributed by atoms with Crippen molar-refractivity contribution < 1.29 is 9.59 Å². The summed E-state index contributed by atoms with van der Waals surface area (Å²) < 4.78 is 0. The molecule has 1 fully saturated rings. The second-order valence-electron chi connectivity index (χ2n) is 6.53. The average Bonchev–Trinajstić information content (AvgIpc) is 3.41. The maximum Gasteiger partial charge on any atom is 0.253 e. The molecule has 0 atom stereocenters. The topological polar surface area (TPSA) is 61.4 Å². The van der Waals surface area contributed by atoms with Gasteiger partial charge >= 0.3 is 0 Å². The summed E-state index contributed by atoms with van der Waals surface area (Å²) in [5, 5.41) is 5.58. The highest BCUT2D eigenvalue weighted by Crippen LogP contribution is 2.26. The van der Waals surface area contributed by atoms with Crippen molar-refractivity contribution in [3.05, 3.63) is 71.1 Å². The summed E-state index contributed by atoms with van der Waals surface area (Å²) in [6, 6.07) is 8.43. The number of nitrogens with zero attached hydrogens (tertiary/aromatic N) is 1. The fraction of sp³-hybridized carbons (Fsp3) is 0.300. The van der Waals surface area contributed by atoms with Gasteiger partial charge in [0, 0.05) is 31.5 Å². The molecule has 0 unspecified atom stereocenters. The zero-order chi connectivity index (χ0) is 18.0. The monoisotopic (exact) mass is 337 g/mol. The van der Waals surface area contributed by atoms with Crippen LogP contribution in [0.25, 0.3) is 0 Å². The molecule has 0 radical (unpaired) electrons. The standard InChI is InChI=1S/C20H23N3O2/c1-13-4-6-15(7-5-13)11-23-12-16(19(24)22-17-8-9-17)10-18(14(23)2)20(25)21-3/h4-7,10,12,17H,2,8-9,11H2,1,3H3,(H,21,25)(H,22,24). The van der Waals surface area contributed by atoms with Crippen molar-refractivity contribution in [2.24, 2.45) is 0 Å². The third kappa shape index (κ3) is 3.99. The summed E-state index contributed by atoms with van der Waals surface area (Å²) in [5.74, 6) is -0.394. The number of likely N-dealkylation sites (N-methyl/N-ethyl adjacent to an activating group) is 1. The second kappa shape index (κ2) is 6.97. The third-order valence-electron chi connectivity index (χ3n) is 4.37. The van der Waals surface area contributed by atoms with Crippen molar-refractivity contribution >= 4 is 11.8 Å². The maximum absolute atomic E-state index is 12.4. The Morgan fingerprint density at radius 1 is 1.20 bits per heavy atom. The van der Waals surface area contributed by atoms with Gasteiger partial charge in [0.15, 0.2) is 0 Å². The van der Waals surface area contributed by atoms with Crippen LogP contribution in [-0.2, 0) is 16.1 Å². The molecule has 1 aliphatic heterocycles. The SMILES string of the molecule is C=C1C(C(=O)NC)=CC(C(=O)NC2CC2)=CN1Cc1ccc(C)cc1. The summed E-state index contributed by atoms with van der Waals surface area (Å²) in [6.45, 7) is 6.63. The Morgan fingerprint density at radius 2 is 1.88 bits per heavy atom. The van der Waals surface area contributed by atoms with E-state index in [9.17, 15) is 9.59 Å². The van der Waals surface area contributed by atoms with Crippen LogP contribution in [0.3, 0.4) is 0 Å². The average molecular weight is 337 g/mol. The van der Waals surface area contributed by atoms with Gasteiger partial charge in [-0.25, -0.2) is 0 Å². The molecule has 0 bridgehead atoms. The van der Waals surface area contributed by atoms with E-state index in [2.05, 4.69) is 17.2 Å². The van der Waals surface area contributed by atoms with E-state index >= 15 is 0 Å². The molecule has 1 saturated carbocycles. The Hall–Kier alpha value is -2.82. The molecule has 5 heteroatoms. The highest BCUT2D eigenvalue weighted by atomic mass is 16.2. The van der Waals surface area contributed by atoms with E-state index < -0.39 is 0 Å². The first kappa shape index (κ1) is 17.0. The number of benzene rings is 1. The minimum absolute atomic E-state index is 0.148. The van der Waals surface area contributed by atoms with Crippen LogP contribution in [0, 0.1) is 6.92 Å². The fourth-order valence-corrected chi connectivity index (χ4v) is 2.66. The van der Waals surface area contributed by atoms with E-state index in [0.29, 0.717) is 23.4 Å². The molecule has 1 aromatic carbocycles. The zero-order valence-corrected chi connectivity index (χ0v) is 14.6. The number of carbonyl (C=O) groups excluding carboxylic acids is 2. The van der Waals surface area contributed by atoms with Gasteiger partial charge in [0.1, 0.15) is 0 Å². The molecule has 0 spiro atoms. The van der Waals surface area contributed by atoms with Crippen LogP contribution >= 0.6 is 0 Å². The summed E-state index contributed by atoms with van der Waals surface area (Å²) >= 11 is 0. The molecule has 0 aromatic heterocycles. The van der Waals surface area contributed by atoms with Gasteiger partial charge in [0.05, 0.1) is 11.1 Å². The molecule has 1 aliphatic carbocycles. The van der Waals surface area contributed by atoms with Crippen molar-refractivity contribution in [3.8, 4) is 0 Å². The molecule has 1 aromatic rings. The fourth-order valence-electron chi connectivity index (χ4n) is 2.66. The smallest absolute Gasteiger partial charge is 0.253 e. The van der Waals surface area contributed by atoms with E-state index in [1.54, 1.807) is 19.3 Å². The van der Waals surface area contributed by atoms with Gasteiger partial charge in [-0.3, -0.25) is 9.59 Å². The number of carbonyl (C=O) groups is 2. The van der Waals surface area contributed by atoms with Gasteiger partial charge in [-0.15, -0.1) is 0 Å². The largest absolute Gasteiger partial charge is 0.355 e. The Labute approximate surface area is 148 Å². The van der Waals surface area contributed by atoms with Crippen molar-refractivity contribution in [1.29, 1.82) is 0 Å². The molecule has 2 aliphatic rings. The highest BCUT2D eigenvalue weighted by Gasteiger charge is 2.28. The first-order valence-electron chi connectivity index (χ1n) is 8.46. The molecule has 25 heavy (non-hydrogen) atoms. The van der Waals surface area contributed by atoms with Crippen LogP contribution in [0.4, 0.5) is 0 Å². The molecular weight excluding hydrogens is 314 g/mol. The van der Waals surface area contributed by atoms with Gasteiger partial charge in [-0.1, -0.05) is 36.4 Å². The summed E-state index contributed by atoms with van der Waals surface area (Å²) in [4.78, 5) is 26.5. The van der Waals surface area contributed by atoms with Gasteiger partial charge < -0.3 is 15.5 Å². The minimum Gasteiger partial charge on any atom is -0.355 e. The van der Waals surface area contributed by atoms with Gasteiger partial charge in [-0.05, 0) is 31.4 Å². The first-order chi connectivity index (χ1) is 12.0. The third-order valence-corrected chi connectivity index (χ3v) is 4.37. The normalized spacial score (nSPS) is 16.9. The van der Waals surface area contributed by atoms with Crippen molar-refractivity contribution in [2.75, 3.05) is 7.05 Å². The molecule has 2 amide bonds. The van der Waals surface area contributed by atoms with Crippen LogP contribution < -0.4 is 10.6 Å².